The Labute approximate surface area is 105 Å². The van der Waals surface area contributed by atoms with Crippen LogP contribution in [-0.4, -0.2) is 16.9 Å². The Hall–Kier alpha value is -2.51. The summed E-state index contributed by atoms with van der Waals surface area (Å²) in [6, 6.07) is 1.20. The quantitative estimate of drug-likeness (QED) is 0.856. The van der Waals surface area contributed by atoms with Crippen LogP contribution in [0, 0.1) is 11.6 Å². The molecule has 1 atom stereocenters. The number of primary amides is 1. The summed E-state index contributed by atoms with van der Waals surface area (Å²) >= 11 is 0. The van der Waals surface area contributed by atoms with Crippen molar-refractivity contribution in [2.75, 3.05) is 5.32 Å². The van der Waals surface area contributed by atoms with Crippen LogP contribution in [0.4, 0.5) is 14.6 Å². The Bertz CT molecular complexity index is 714. The molecule has 2 rings (SSSR count). The number of anilines is 1. The van der Waals surface area contributed by atoms with E-state index < -0.39 is 34.9 Å². The summed E-state index contributed by atoms with van der Waals surface area (Å²) in [5.74, 6) is -4.36. The second-order valence-electron chi connectivity index (χ2n) is 3.83. The van der Waals surface area contributed by atoms with Crippen molar-refractivity contribution in [1.82, 2.24) is 4.98 Å². The number of aromatic nitrogens is 1. The SMILES string of the molecule is CC(Nc1nc(=O)oc2c(F)c(F)ccc12)C(N)=O. The molecule has 6 nitrogen and oxygen atoms in total. The van der Waals surface area contributed by atoms with Gasteiger partial charge in [0, 0.05) is 0 Å². The Balaban J connectivity index is 2.65. The second kappa shape index (κ2) is 4.63. The van der Waals surface area contributed by atoms with Crippen LogP contribution < -0.4 is 16.8 Å². The number of hydrogen-bond donors (Lipinski definition) is 2. The van der Waals surface area contributed by atoms with E-state index in [0.29, 0.717) is 0 Å². The van der Waals surface area contributed by atoms with Crippen molar-refractivity contribution < 1.29 is 18.0 Å². The zero-order valence-electron chi connectivity index (χ0n) is 9.74. The minimum absolute atomic E-state index is 0.0339. The topological polar surface area (TPSA) is 98.2 Å². The second-order valence-corrected chi connectivity index (χ2v) is 3.83. The van der Waals surface area contributed by atoms with Crippen molar-refractivity contribution in [2.24, 2.45) is 5.73 Å². The van der Waals surface area contributed by atoms with Crippen LogP contribution in [-0.2, 0) is 4.79 Å². The molecule has 0 aliphatic carbocycles. The van der Waals surface area contributed by atoms with Crippen LogP contribution in [0.1, 0.15) is 6.92 Å². The molecule has 0 saturated heterocycles. The third-order valence-electron chi connectivity index (χ3n) is 2.48. The van der Waals surface area contributed by atoms with Gasteiger partial charge in [0.05, 0.1) is 5.39 Å². The van der Waals surface area contributed by atoms with E-state index in [1.807, 2.05) is 0 Å². The number of fused-ring (bicyclic) bond motifs is 1. The number of halogens is 2. The summed E-state index contributed by atoms with van der Waals surface area (Å²) in [6.45, 7) is 1.43. The molecule has 2 aromatic rings. The van der Waals surface area contributed by atoms with Gasteiger partial charge in [0.1, 0.15) is 11.9 Å². The highest BCUT2D eigenvalue weighted by Crippen LogP contribution is 2.24. The third kappa shape index (κ3) is 2.37. The van der Waals surface area contributed by atoms with E-state index in [1.165, 1.54) is 13.0 Å². The molecule has 1 aromatic heterocycles. The molecule has 1 heterocycles. The third-order valence-corrected chi connectivity index (χ3v) is 2.48. The summed E-state index contributed by atoms with van der Waals surface area (Å²) < 4.78 is 31.1. The first-order valence-electron chi connectivity index (χ1n) is 5.25. The molecule has 19 heavy (non-hydrogen) atoms. The van der Waals surface area contributed by atoms with E-state index in [2.05, 4.69) is 14.7 Å². The van der Waals surface area contributed by atoms with Crippen LogP contribution in [0.2, 0.25) is 0 Å². The Morgan fingerprint density at radius 2 is 2.16 bits per heavy atom. The van der Waals surface area contributed by atoms with Crippen molar-refractivity contribution in [3.63, 3.8) is 0 Å². The number of nitrogens with two attached hydrogens (primary N) is 1. The van der Waals surface area contributed by atoms with Gasteiger partial charge in [-0.1, -0.05) is 0 Å². The highest BCUT2D eigenvalue weighted by molar-refractivity contribution is 5.90. The first-order valence-corrected chi connectivity index (χ1v) is 5.25. The molecule has 100 valence electrons. The fourth-order valence-electron chi connectivity index (χ4n) is 1.47. The van der Waals surface area contributed by atoms with Gasteiger partial charge in [0.25, 0.3) is 0 Å². The zero-order valence-corrected chi connectivity index (χ0v) is 9.74. The summed E-state index contributed by atoms with van der Waals surface area (Å²) in [5.41, 5.74) is 4.48. The average molecular weight is 269 g/mol. The standard InChI is InChI=1S/C11H9F2N3O3/c1-4(9(14)17)15-10-5-2-3-6(12)7(13)8(5)19-11(18)16-10/h2-4H,1H3,(H2,14,17)(H,15,16,18). The van der Waals surface area contributed by atoms with E-state index in [9.17, 15) is 18.4 Å². The summed E-state index contributed by atoms with van der Waals surface area (Å²) in [4.78, 5) is 25.6. The van der Waals surface area contributed by atoms with Crippen LogP contribution in [0.25, 0.3) is 11.0 Å². The monoisotopic (exact) mass is 269 g/mol. The highest BCUT2D eigenvalue weighted by atomic mass is 19.2. The first kappa shape index (κ1) is 12.9. The largest absolute Gasteiger partial charge is 0.441 e. The van der Waals surface area contributed by atoms with Crippen molar-refractivity contribution >= 4 is 22.7 Å². The lowest BCUT2D eigenvalue weighted by Gasteiger charge is -2.11. The fraction of sp³-hybridized carbons (Fsp3) is 0.182. The zero-order chi connectivity index (χ0) is 14.2. The molecule has 0 radical (unpaired) electrons. The Morgan fingerprint density at radius 1 is 1.47 bits per heavy atom. The van der Waals surface area contributed by atoms with E-state index in [-0.39, 0.29) is 11.2 Å². The molecule has 3 N–H and O–H groups in total. The van der Waals surface area contributed by atoms with Gasteiger partial charge >= 0.3 is 5.76 Å². The lowest BCUT2D eigenvalue weighted by Crippen LogP contribution is -2.33. The Kier molecular flexibility index (Phi) is 3.16. The molecule has 0 bridgehead atoms. The van der Waals surface area contributed by atoms with Gasteiger partial charge < -0.3 is 15.5 Å². The number of carbonyl (C=O) groups excluding carboxylic acids is 1. The highest BCUT2D eigenvalue weighted by Gasteiger charge is 2.17. The molecule has 0 spiro atoms. The molecular formula is C11H9F2N3O3. The maximum Gasteiger partial charge on any atom is 0.441 e. The van der Waals surface area contributed by atoms with E-state index >= 15 is 0 Å². The van der Waals surface area contributed by atoms with Gasteiger partial charge in [0.15, 0.2) is 11.4 Å². The van der Waals surface area contributed by atoms with Crippen molar-refractivity contribution in [3.8, 4) is 0 Å². The van der Waals surface area contributed by atoms with E-state index in [4.69, 9.17) is 5.73 Å². The first-order chi connectivity index (χ1) is 8.90. The van der Waals surface area contributed by atoms with Gasteiger partial charge in [-0.3, -0.25) is 4.79 Å². The normalized spacial score (nSPS) is 12.4. The van der Waals surface area contributed by atoms with Crippen LogP contribution >= 0.6 is 0 Å². The molecule has 1 aromatic carbocycles. The van der Waals surface area contributed by atoms with Crippen molar-refractivity contribution in [3.05, 3.63) is 34.3 Å². The maximum absolute atomic E-state index is 13.5. The lowest BCUT2D eigenvalue weighted by molar-refractivity contribution is -0.118. The van der Waals surface area contributed by atoms with Gasteiger partial charge in [-0.15, -0.1) is 0 Å². The van der Waals surface area contributed by atoms with Crippen molar-refractivity contribution in [1.29, 1.82) is 0 Å². The number of nitrogens with zero attached hydrogens (tertiary/aromatic N) is 1. The fourth-order valence-corrected chi connectivity index (χ4v) is 1.47. The molecule has 0 aliphatic heterocycles. The van der Waals surface area contributed by atoms with Crippen LogP contribution in [0.15, 0.2) is 21.3 Å². The number of rotatable bonds is 3. The molecule has 1 amide bonds. The maximum atomic E-state index is 13.5. The van der Waals surface area contributed by atoms with E-state index in [0.717, 1.165) is 6.07 Å². The minimum atomic E-state index is -1.30. The lowest BCUT2D eigenvalue weighted by atomic mass is 10.2. The van der Waals surface area contributed by atoms with Gasteiger partial charge in [-0.05, 0) is 19.1 Å². The average Bonchev–Trinajstić information content (AvgIpc) is 2.34. The van der Waals surface area contributed by atoms with Gasteiger partial charge in [-0.2, -0.15) is 9.37 Å². The molecular weight excluding hydrogens is 260 g/mol. The number of carbonyl (C=O) groups is 1. The summed E-state index contributed by atoms with van der Waals surface area (Å²) in [7, 11) is 0. The Morgan fingerprint density at radius 3 is 2.79 bits per heavy atom. The molecule has 0 fully saturated rings. The van der Waals surface area contributed by atoms with Gasteiger partial charge in [0.2, 0.25) is 11.7 Å². The number of nitrogens with one attached hydrogen (secondary N) is 1. The summed E-state index contributed by atoms with van der Waals surface area (Å²) in [6.07, 6.45) is 0. The minimum Gasteiger partial charge on any atom is -0.405 e. The predicted molar refractivity (Wildman–Crippen MR) is 62.5 cm³/mol. The van der Waals surface area contributed by atoms with Gasteiger partial charge in [-0.25, -0.2) is 9.18 Å². The van der Waals surface area contributed by atoms with E-state index in [1.54, 1.807) is 0 Å². The summed E-state index contributed by atoms with van der Waals surface area (Å²) in [5, 5.41) is 2.57. The molecule has 0 saturated carbocycles. The number of hydrogen-bond acceptors (Lipinski definition) is 5. The number of benzene rings is 1. The smallest absolute Gasteiger partial charge is 0.405 e. The molecule has 1 unspecified atom stereocenters. The van der Waals surface area contributed by atoms with Crippen LogP contribution in [0.3, 0.4) is 0 Å². The number of amides is 1. The molecule has 0 aliphatic rings. The van der Waals surface area contributed by atoms with Crippen LogP contribution in [0.5, 0.6) is 0 Å². The predicted octanol–water partition coefficient (Wildman–Crippen LogP) is 0.752. The van der Waals surface area contributed by atoms with Crippen molar-refractivity contribution in [2.45, 2.75) is 13.0 Å². The molecule has 8 heteroatoms.